The number of hydrogen-bond acceptors (Lipinski definition) is 4. The second-order valence-corrected chi connectivity index (χ2v) is 6.66. The molecule has 2 atom stereocenters. The minimum Gasteiger partial charge on any atom is -0.467 e. The summed E-state index contributed by atoms with van der Waals surface area (Å²) < 4.78 is 4.84. The number of benzene rings is 2. The van der Waals surface area contributed by atoms with Gasteiger partial charge in [0.25, 0.3) is 0 Å². The van der Waals surface area contributed by atoms with E-state index in [2.05, 4.69) is 0 Å². The predicted molar refractivity (Wildman–Crippen MR) is 105 cm³/mol. The fraction of sp³-hybridized carbons (Fsp3) is 0.217. The summed E-state index contributed by atoms with van der Waals surface area (Å²) in [5, 5.41) is 0. The summed E-state index contributed by atoms with van der Waals surface area (Å²) in [5.41, 5.74) is 3.40. The highest BCUT2D eigenvalue weighted by Gasteiger charge is 2.28. The molecule has 1 aliphatic rings. The summed E-state index contributed by atoms with van der Waals surface area (Å²) >= 11 is 0. The van der Waals surface area contributed by atoms with Crippen molar-refractivity contribution < 1.29 is 14.3 Å². The van der Waals surface area contributed by atoms with Crippen LogP contribution in [0.5, 0.6) is 0 Å². The van der Waals surface area contributed by atoms with Crippen molar-refractivity contribution in [3.63, 3.8) is 0 Å². The van der Waals surface area contributed by atoms with Crippen molar-refractivity contribution >= 4 is 11.8 Å². The lowest BCUT2D eigenvalue weighted by molar-refractivity contribution is -0.144. The molecule has 0 saturated carbocycles. The Kier molecular flexibility index (Phi) is 5.55. The van der Waals surface area contributed by atoms with E-state index in [-0.39, 0.29) is 17.7 Å². The first kappa shape index (κ1) is 18.6. The van der Waals surface area contributed by atoms with Crippen molar-refractivity contribution in [1.29, 1.82) is 0 Å². The Morgan fingerprint density at radius 3 is 2.33 bits per heavy atom. The first-order valence-corrected chi connectivity index (χ1v) is 8.93. The van der Waals surface area contributed by atoms with Crippen molar-refractivity contribution in [1.82, 2.24) is 4.90 Å². The van der Waals surface area contributed by atoms with Gasteiger partial charge in [0, 0.05) is 29.5 Å². The Morgan fingerprint density at radius 2 is 1.70 bits per heavy atom. The molecule has 4 heteroatoms. The van der Waals surface area contributed by atoms with Crippen LogP contribution in [-0.2, 0) is 9.53 Å². The fourth-order valence-corrected chi connectivity index (χ4v) is 3.13. The Bertz CT molecular complexity index is 882. The second kappa shape index (κ2) is 8.04. The number of Topliss-reactive ketones (excluding diaryl/α,β-unsaturated/α-hetero) is 1. The van der Waals surface area contributed by atoms with Gasteiger partial charge in [-0.3, -0.25) is 4.79 Å². The van der Waals surface area contributed by atoms with Crippen molar-refractivity contribution in [3.05, 3.63) is 95.3 Å². The predicted octanol–water partition coefficient (Wildman–Crippen LogP) is 4.24. The van der Waals surface area contributed by atoms with E-state index >= 15 is 0 Å². The first-order chi connectivity index (χ1) is 13.0. The molecule has 0 bridgehead atoms. The zero-order chi connectivity index (χ0) is 19.4. The average molecular weight is 361 g/mol. The van der Waals surface area contributed by atoms with E-state index in [1.165, 1.54) is 7.11 Å². The number of methoxy groups -OCH3 is 1. The lowest BCUT2D eigenvalue weighted by atomic mass is 9.85. The molecule has 3 rings (SSSR count). The van der Waals surface area contributed by atoms with Gasteiger partial charge in [-0.1, -0.05) is 66.2 Å². The van der Waals surface area contributed by atoms with Gasteiger partial charge in [-0.05, 0) is 19.4 Å². The maximum Gasteiger partial charge on any atom is 0.328 e. The van der Waals surface area contributed by atoms with E-state index in [0.717, 1.165) is 11.1 Å². The molecule has 0 N–H and O–H groups in total. The van der Waals surface area contributed by atoms with E-state index < -0.39 is 6.04 Å². The monoisotopic (exact) mass is 361 g/mol. The molecular weight excluding hydrogens is 338 g/mol. The molecule has 2 aromatic rings. The molecule has 0 radical (unpaired) electrons. The normalized spacial score (nSPS) is 17.2. The van der Waals surface area contributed by atoms with Crippen molar-refractivity contribution in [2.45, 2.75) is 25.8 Å². The van der Waals surface area contributed by atoms with Crippen LogP contribution < -0.4 is 0 Å². The Morgan fingerprint density at radius 1 is 1.04 bits per heavy atom. The number of ether oxygens (including phenoxy) is 1. The minimum absolute atomic E-state index is 0.0460. The highest BCUT2D eigenvalue weighted by molar-refractivity contribution is 6.10. The third kappa shape index (κ3) is 4.00. The molecule has 2 unspecified atom stereocenters. The summed E-state index contributed by atoms with van der Waals surface area (Å²) in [4.78, 5) is 26.9. The molecule has 0 aliphatic carbocycles. The van der Waals surface area contributed by atoms with Crippen LogP contribution in [0, 0.1) is 6.92 Å². The number of allylic oxidation sites excluding steroid dienone is 2. The van der Waals surface area contributed by atoms with Crippen LogP contribution >= 0.6 is 0 Å². The highest BCUT2D eigenvalue weighted by atomic mass is 16.5. The van der Waals surface area contributed by atoms with Gasteiger partial charge in [-0.15, -0.1) is 0 Å². The van der Waals surface area contributed by atoms with Gasteiger partial charge in [0.05, 0.1) is 7.11 Å². The molecule has 0 spiro atoms. The zero-order valence-corrected chi connectivity index (χ0v) is 15.8. The molecule has 27 heavy (non-hydrogen) atoms. The van der Waals surface area contributed by atoms with E-state index in [4.69, 9.17) is 4.74 Å². The van der Waals surface area contributed by atoms with Gasteiger partial charge in [-0.2, -0.15) is 0 Å². The van der Waals surface area contributed by atoms with Crippen molar-refractivity contribution in [2.24, 2.45) is 0 Å². The smallest absolute Gasteiger partial charge is 0.328 e. The Labute approximate surface area is 159 Å². The van der Waals surface area contributed by atoms with Gasteiger partial charge in [0.15, 0.2) is 5.78 Å². The number of nitrogens with zero attached hydrogens (tertiary/aromatic N) is 1. The van der Waals surface area contributed by atoms with Crippen molar-refractivity contribution in [2.75, 3.05) is 7.11 Å². The average Bonchev–Trinajstić information content (AvgIpc) is 2.73. The SMILES string of the molecule is COC(=O)C(C)N1C=CC(c2ccccc2)C(C(=O)c2ccc(C)cc2)=C1. The third-order valence-electron chi connectivity index (χ3n) is 4.80. The number of carbonyl (C=O) groups excluding carboxylic acids is 2. The van der Waals surface area contributed by atoms with Gasteiger partial charge < -0.3 is 9.64 Å². The van der Waals surface area contributed by atoms with E-state index in [9.17, 15) is 9.59 Å². The van der Waals surface area contributed by atoms with Crippen LogP contribution in [0.15, 0.2) is 78.6 Å². The van der Waals surface area contributed by atoms with E-state index in [1.54, 1.807) is 18.0 Å². The Hall–Kier alpha value is -3.14. The van der Waals surface area contributed by atoms with Gasteiger partial charge in [0.2, 0.25) is 0 Å². The molecule has 0 amide bonds. The lowest BCUT2D eigenvalue weighted by Gasteiger charge is -2.29. The topological polar surface area (TPSA) is 46.6 Å². The molecule has 0 fully saturated rings. The zero-order valence-electron chi connectivity index (χ0n) is 15.8. The molecule has 1 aliphatic heterocycles. The minimum atomic E-state index is -0.510. The fourth-order valence-electron chi connectivity index (χ4n) is 3.13. The quantitative estimate of drug-likeness (QED) is 0.590. The van der Waals surface area contributed by atoms with Gasteiger partial charge in [-0.25, -0.2) is 4.79 Å². The maximum atomic E-state index is 13.3. The summed E-state index contributed by atoms with van der Waals surface area (Å²) in [6.45, 7) is 3.74. The summed E-state index contributed by atoms with van der Waals surface area (Å²) in [6.07, 6.45) is 5.56. The molecule has 0 saturated heterocycles. The molecule has 2 aromatic carbocycles. The number of hydrogen-bond donors (Lipinski definition) is 0. The van der Waals surface area contributed by atoms with Crippen LogP contribution in [0.25, 0.3) is 0 Å². The third-order valence-corrected chi connectivity index (χ3v) is 4.80. The second-order valence-electron chi connectivity index (χ2n) is 6.66. The van der Waals surface area contributed by atoms with Crippen LogP contribution in [0.4, 0.5) is 0 Å². The van der Waals surface area contributed by atoms with Gasteiger partial charge >= 0.3 is 5.97 Å². The van der Waals surface area contributed by atoms with E-state index in [1.807, 2.05) is 73.8 Å². The number of esters is 1. The summed E-state index contributed by atoms with van der Waals surface area (Å²) in [7, 11) is 1.36. The van der Waals surface area contributed by atoms with Crippen LogP contribution in [0.1, 0.15) is 34.3 Å². The molecule has 1 heterocycles. The molecular formula is C23H23NO3. The molecule has 0 aromatic heterocycles. The summed E-state index contributed by atoms with van der Waals surface area (Å²) in [6, 6.07) is 16.9. The largest absolute Gasteiger partial charge is 0.467 e. The first-order valence-electron chi connectivity index (χ1n) is 8.93. The number of rotatable bonds is 5. The Balaban J connectivity index is 2.00. The maximum absolute atomic E-state index is 13.3. The highest BCUT2D eigenvalue weighted by Crippen LogP contribution is 2.32. The van der Waals surface area contributed by atoms with Crippen LogP contribution in [0.3, 0.4) is 0 Å². The molecule has 138 valence electrons. The number of ketones is 1. The number of aryl methyl sites for hydroxylation is 1. The van der Waals surface area contributed by atoms with Crippen LogP contribution in [0.2, 0.25) is 0 Å². The van der Waals surface area contributed by atoms with E-state index in [0.29, 0.717) is 11.1 Å². The molecule has 4 nitrogen and oxygen atoms in total. The summed E-state index contributed by atoms with van der Waals surface area (Å²) in [5.74, 6) is -0.562. The number of carbonyl (C=O) groups is 2. The van der Waals surface area contributed by atoms with Gasteiger partial charge in [0.1, 0.15) is 6.04 Å². The van der Waals surface area contributed by atoms with Crippen molar-refractivity contribution in [3.8, 4) is 0 Å². The lowest BCUT2D eigenvalue weighted by Crippen LogP contribution is -2.35. The standard InChI is InChI=1S/C23H23NO3/c1-16-9-11-19(12-10-16)22(25)21-15-24(17(2)23(26)27-3)14-13-20(21)18-7-5-4-6-8-18/h4-15,17,20H,1-3H3. The van der Waals surface area contributed by atoms with Crippen LogP contribution in [-0.4, -0.2) is 29.8 Å².